The highest BCUT2D eigenvalue weighted by atomic mass is 16.4. The summed E-state index contributed by atoms with van der Waals surface area (Å²) in [6, 6.07) is 9.61. The third kappa shape index (κ3) is 2.24. The number of phenolic OH excluding ortho intramolecular Hbond substituents is 1. The molecule has 0 radical (unpaired) electrons. The predicted molar refractivity (Wildman–Crippen MR) is 100 cm³/mol. The van der Waals surface area contributed by atoms with Crippen LogP contribution in [0.3, 0.4) is 0 Å². The number of aliphatic carboxylic acids is 1. The molecule has 0 amide bonds. The second-order valence-corrected chi connectivity index (χ2v) is 8.01. The number of carboxylic acid groups (broad SMARTS) is 1. The molecule has 2 bridgehead atoms. The fraction of sp³-hybridized carbons (Fsp3) is 0.364. The Morgan fingerprint density at radius 3 is 2.67 bits per heavy atom. The topological polar surface area (TPSA) is 87.7 Å². The van der Waals surface area contributed by atoms with Crippen LogP contribution in [-0.2, 0) is 4.79 Å². The predicted octanol–water partition coefficient (Wildman–Crippen LogP) is 4.06. The lowest BCUT2D eigenvalue weighted by atomic mass is 9.73. The molecule has 5 atom stereocenters. The summed E-state index contributed by atoms with van der Waals surface area (Å²) in [6.45, 7) is 2.16. The fourth-order valence-electron chi connectivity index (χ4n) is 5.75. The minimum Gasteiger partial charge on any atom is -0.508 e. The van der Waals surface area contributed by atoms with Crippen LogP contribution in [0.25, 0.3) is 22.3 Å². The maximum Gasteiger partial charge on any atom is 0.307 e. The van der Waals surface area contributed by atoms with E-state index in [2.05, 4.69) is 6.92 Å². The molecule has 5 nitrogen and oxygen atoms in total. The lowest BCUT2D eigenvalue weighted by molar-refractivity contribution is -0.144. The van der Waals surface area contributed by atoms with E-state index in [0.717, 1.165) is 29.4 Å². The first kappa shape index (κ1) is 16.4. The van der Waals surface area contributed by atoms with E-state index >= 15 is 0 Å². The third-order valence-corrected chi connectivity index (χ3v) is 6.83. The van der Waals surface area contributed by atoms with Gasteiger partial charge in [-0.1, -0.05) is 6.92 Å². The molecule has 138 valence electrons. The van der Waals surface area contributed by atoms with Crippen molar-refractivity contribution in [2.75, 3.05) is 0 Å². The second-order valence-electron chi connectivity index (χ2n) is 8.01. The van der Waals surface area contributed by atoms with E-state index < -0.39 is 11.9 Å². The summed E-state index contributed by atoms with van der Waals surface area (Å²) >= 11 is 0. The van der Waals surface area contributed by atoms with E-state index in [-0.39, 0.29) is 23.0 Å². The summed E-state index contributed by atoms with van der Waals surface area (Å²) in [5, 5.41) is 20.7. The molecule has 0 aromatic heterocycles. The maximum atomic E-state index is 12.2. The molecule has 3 aliphatic carbocycles. The van der Waals surface area contributed by atoms with Gasteiger partial charge in [0.15, 0.2) is 5.43 Å². The average Bonchev–Trinajstić information content (AvgIpc) is 3.12. The molecule has 27 heavy (non-hydrogen) atoms. The molecule has 5 heteroatoms. The van der Waals surface area contributed by atoms with E-state index in [1.54, 1.807) is 18.2 Å². The number of phenols is 1. The van der Waals surface area contributed by atoms with Gasteiger partial charge >= 0.3 is 5.97 Å². The minimum atomic E-state index is -0.750. The molecule has 1 aliphatic heterocycles. The monoisotopic (exact) mass is 364 g/mol. The molecule has 5 unspecified atom stereocenters. The van der Waals surface area contributed by atoms with Crippen molar-refractivity contribution in [1.29, 1.82) is 0 Å². The molecule has 1 heterocycles. The molecule has 0 spiro atoms. The summed E-state index contributed by atoms with van der Waals surface area (Å²) in [6.07, 6.45) is 1.98. The minimum absolute atomic E-state index is 0.0749. The molecule has 2 fully saturated rings. The van der Waals surface area contributed by atoms with Gasteiger partial charge in [-0.2, -0.15) is 0 Å². The zero-order valence-electron chi connectivity index (χ0n) is 14.9. The van der Waals surface area contributed by atoms with Crippen molar-refractivity contribution in [2.24, 2.45) is 23.7 Å². The first-order valence-corrected chi connectivity index (χ1v) is 9.38. The zero-order valence-corrected chi connectivity index (χ0v) is 14.9. The van der Waals surface area contributed by atoms with Crippen molar-refractivity contribution in [3.8, 4) is 17.1 Å². The summed E-state index contributed by atoms with van der Waals surface area (Å²) in [5.41, 5.74) is 2.05. The Labute approximate surface area is 155 Å². The molecule has 2 saturated carbocycles. The second kappa shape index (κ2) is 5.59. The zero-order chi connectivity index (χ0) is 18.9. The highest BCUT2D eigenvalue weighted by Gasteiger charge is 2.56. The van der Waals surface area contributed by atoms with Crippen LogP contribution in [-0.4, -0.2) is 16.2 Å². The van der Waals surface area contributed by atoms with Crippen LogP contribution in [0.1, 0.15) is 31.2 Å². The van der Waals surface area contributed by atoms with Crippen LogP contribution in [0.4, 0.5) is 0 Å². The van der Waals surface area contributed by atoms with Crippen LogP contribution in [0.2, 0.25) is 0 Å². The fourth-order valence-corrected chi connectivity index (χ4v) is 5.75. The Morgan fingerprint density at radius 2 is 1.89 bits per heavy atom. The summed E-state index contributed by atoms with van der Waals surface area (Å²) in [5.74, 6) is 0.0324. The number of rotatable bonds is 2. The summed E-state index contributed by atoms with van der Waals surface area (Å²) in [4.78, 5) is 24.1. The van der Waals surface area contributed by atoms with Crippen molar-refractivity contribution in [3.05, 3.63) is 52.2 Å². The number of benzene rings is 2. The molecule has 4 aliphatic rings. The van der Waals surface area contributed by atoms with Gasteiger partial charge in [0, 0.05) is 29.0 Å². The molecule has 0 saturated heterocycles. The lowest BCUT2D eigenvalue weighted by Gasteiger charge is -2.31. The van der Waals surface area contributed by atoms with Gasteiger partial charge in [-0.25, -0.2) is 0 Å². The van der Waals surface area contributed by atoms with E-state index in [0.29, 0.717) is 23.2 Å². The van der Waals surface area contributed by atoms with Gasteiger partial charge in [0.2, 0.25) is 0 Å². The number of fused-ring (bicyclic) bond motifs is 4. The van der Waals surface area contributed by atoms with Crippen molar-refractivity contribution < 1.29 is 19.4 Å². The normalized spacial score (nSPS) is 29.6. The maximum absolute atomic E-state index is 12.2. The first-order chi connectivity index (χ1) is 13.0. The molecule has 2 N–H and O–H groups in total. The van der Waals surface area contributed by atoms with Crippen LogP contribution < -0.4 is 5.43 Å². The largest absolute Gasteiger partial charge is 0.508 e. The highest BCUT2D eigenvalue weighted by molar-refractivity contribution is 5.90. The number of aromatic hydroxyl groups is 1. The van der Waals surface area contributed by atoms with Crippen molar-refractivity contribution in [3.63, 3.8) is 0 Å². The Hall–Kier alpha value is -2.82. The van der Waals surface area contributed by atoms with E-state index in [1.165, 1.54) is 18.2 Å². The lowest BCUT2D eigenvalue weighted by Crippen LogP contribution is -2.28. The molecule has 1 aromatic rings. The summed E-state index contributed by atoms with van der Waals surface area (Å²) in [7, 11) is 0. The summed E-state index contributed by atoms with van der Waals surface area (Å²) < 4.78 is 5.90. The van der Waals surface area contributed by atoms with Crippen LogP contribution in [0, 0.1) is 23.7 Å². The van der Waals surface area contributed by atoms with E-state index in [9.17, 15) is 19.8 Å². The SMILES string of the molecule is CC1C2CCC1C(c1c3ccc(=O)cc-3oc3cc(O)ccc13)C2C(=O)O. The Morgan fingerprint density at radius 1 is 1.11 bits per heavy atom. The Balaban J connectivity index is 1.86. The average molecular weight is 364 g/mol. The first-order valence-electron chi connectivity index (χ1n) is 9.38. The van der Waals surface area contributed by atoms with Crippen LogP contribution in [0.15, 0.2) is 45.6 Å². The molecular weight excluding hydrogens is 344 g/mol. The van der Waals surface area contributed by atoms with Crippen LogP contribution >= 0.6 is 0 Å². The molecule has 1 aromatic carbocycles. The molecule has 5 rings (SSSR count). The van der Waals surface area contributed by atoms with E-state index in [1.807, 2.05) is 0 Å². The van der Waals surface area contributed by atoms with Crippen LogP contribution in [0.5, 0.6) is 5.75 Å². The number of carboxylic acids is 1. The number of carbonyl (C=O) groups is 1. The highest BCUT2D eigenvalue weighted by Crippen LogP contribution is 2.62. The smallest absolute Gasteiger partial charge is 0.307 e. The quantitative estimate of drug-likeness (QED) is 0.670. The number of hydrogen-bond acceptors (Lipinski definition) is 4. The third-order valence-electron chi connectivity index (χ3n) is 6.83. The van der Waals surface area contributed by atoms with Gasteiger partial charge in [0.1, 0.15) is 17.1 Å². The Bertz CT molecular complexity index is 1100. The molecular formula is C22H20O5. The van der Waals surface area contributed by atoms with E-state index in [4.69, 9.17) is 4.42 Å². The van der Waals surface area contributed by atoms with Gasteiger partial charge < -0.3 is 14.6 Å². The van der Waals surface area contributed by atoms with Crippen molar-refractivity contribution >= 4 is 16.9 Å². The Kier molecular flexibility index (Phi) is 3.39. The number of hydrogen-bond donors (Lipinski definition) is 2. The van der Waals surface area contributed by atoms with Gasteiger partial charge in [0.25, 0.3) is 0 Å². The van der Waals surface area contributed by atoms with Gasteiger partial charge in [-0.05, 0) is 60.4 Å². The van der Waals surface area contributed by atoms with Gasteiger partial charge in [0.05, 0.1) is 5.92 Å². The van der Waals surface area contributed by atoms with Crippen molar-refractivity contribution in [1.82, 2.24) is 0 Å². The van der Waals surface area contributed by atoms with Gasteiger partial charge in [-0.3, -0.25) is 9.59 Å². The van der Waals surface area contributed by atoms with Crippen molar-refractivity contribution in [2.45, 2.75) is 25.7 Å². The van der Waals surface area contributed by atoms with Gasteiger partial charge in [-0.15, -0.1) is 0 Å². The standard InChI is InChI=1S/C22H20O5/c1-10-13-6-7-14(10)21(22(25)26)20(13)19-15-4-2-11(23)8-17(15)27-18-9-12(24)3-5-16(18)19/h2-5,8-10,13-14,20-21,23H,6-7H2,1H3,(H,25,26).